The Morgan fingerprint density at radius 2 is 2.38 bits per heavy atom. The Hall–Kier alpha value is -0.900. The smallest absolute Gasteiger partial charge is 0.343 e. The van der Waals surface area contributed by atoms with Crippen molar-refractivity contribution in [2.45, 2.75) is 32.3 Å². The third-order valence-electron chi connectivity index (χ3n) is 1.90. The molecule has 4 heteroatoms. The molecule has 0 N–H and O–H groups in total. The third-order valence-corrected chi connectivity index (χ3v) is 1.90. The van der Waals surface area contributed by atoms with E-state index in [4.69, 9.17) is 9.47 Å². The van der Waals surface area contributed by atoms with E-state index in [1.54, 1.807) is 6.92 Å². The molecule has 4 nitrogen and oxygen atoms in total. The second-order valence-electron chi connectivity index (χ2n) is 2.93. The minimum Gasteiger partial charge on any atom is -0.464 e. The van der Waals surface area contributed by atoms with Crippen molar-refractivity contribution in [3.8, 4) is 0 Å². The Bertz CT molecular complexity index is 200. The third kappa shape index (κ3) is 2.81. The van der Waals surface area contributed by atoms with E-state index in [-0.39, 0.29) is 12.4 Å². The zero-order valence-electron chi connectivity index (χ0n) is 7.75. The molecule has 1 saturated heterocycles. The van der Waals surface area contributed by atoms with Crippen LogP contribution in [-0.4, -0.2) is 31.1 Å². The SMILES string of the molecule is CCOC(=O)C1OCCCCC1=O. The van der Waals surface area contributed by atoms with Gasteiger partial charge in [0.25, 0.3) is 0 Å². The van der Waals surface area contributed by atoms with Gasteiger partial charge in [-0.25, -0.2) is 4.79 Å². The van der Waals surface area contributed by atoms with Gasteiger partial charge >= 0.3 is 5.97 Å². The highest BCUT2D eigenvalue weighted by Gasteiger charge is 2.29. The summed E-state index contributed by atoms with van der Waals surface area (Å²) in [6.07, 6.45) is 1.09. The first-order valence-corrected chi connectivity index (χ1v) is 4.56. The van der Waals surface area contributed by atoms with Crippen molar-refractivity contribution in [3.63, 3.8) is 0 Å². The highest BCUT2D eigenvalue weighted by atomic mass is 16.6. The van der Waals surface area contributed by atoms with Crippen molar-refractivity contribution in [2.24, 2.45) is 0 Å². The number of Topliss-reactive ketones (excluding diaryl/α,β-unsaturated/α-hetero) is 1. The summed E-state index contributed by atoms with van der Waals surface area (Å²) in [6, 6.07) is 0. The first-order chi connectivity index (χ1) is 6.25. The topological polar surface area (TPSA) is 52.6 Å². The molecule has 1 heterocycles. The zero-order valence-corrected chi connectivity index (χ0v) is 7.75. The summed E-state index contributed by atoms with van der Waals surface area (Å²) in [5.41, 5.74) is 0. The minimum atomic E-state index is -0.970. The van der Waals surface area contributed by atoms with Gasteiger partial charge in [-0.15, -0.1) is 0 Å². The van der Waals surface area contributed by atoms with E-state index in [1.165, 1.54) is 0 Å². The highest BCUT2D eigenvalue weighted by Crippen LogP contribution is 2.10. The first kappa shape index (κ1) is 10.2. The molecular formula is C9H14O4. The lowest BCUT2D eigenvalue weighted by Gasteiger charge is -2.11. The molecule has 1 unspecified atom stereocenters. The number of hydrogen-bond acceptors (Lipinski definition) is 4. The quantitative estimate of drug-likeness (QED) is 0.470. The molecule has 1 fully saturated rings. The molecule has 1 atom stereocenters. The molecule has 0 aliphatic carbocycles. The Balaban J connectivity index is 2.53. The molecule has 74 valence electrons. The van der Waals surface area contributed by atoms with Crippen molar-refractivity contribution in [3.05, 3.63) is 0 Å². The van der Waals surface area contributed by atoms with Crippen LogP contribution in [0.25, 0.3) is 0 Å². The summed E-state index contributed by atoms with van der Waals surface area (Å²) in [5, 5.41) is 0. The maximum atomic E-state index is 11.3. The molecule has 0 spiro atoms. The van der Waals surface area contributed by atoms with Gasteiger partial charge in [0.1, 0.15) is 0 Å². The van der Waals surface area contributed by atoms with Crippen LogP contribution in [0.5, 0.6) is 0 Å². The van der Waals surface area contributed by atoms with Crippen molar-refractivity contribution in [1.82, 2.24) is 0 Å². The minimum absolute atomic E-state index is 0.157. The summed E-state index contributed by atoms with van der Waals surface area (Å²) in [4.78, 5) is 22.5. The second kappa shape index (κ2) is 4.97. The van der Waals surface area contributed by atoms with Crippen LogP contribution in [0, 0.1) is 0 Å². The number of ketones is 1. The molecule has 1 rings (SSSR count). The lowest BCUT2D eigenvalue weighted by Crippen LogP contribution is -2.33. The second-order valence-corrected chi connectivity index (χ2v) is 2.93. The molecule has 1 aliphatic heterocycles. The van der Waals surface area contributed by atoms with E-state index < -0.39 is 12.1 Å². The molecule has 1 aliphatic rings. The van der Waals surface area contributed by atoms with Crippen LogP contribution in [0.3, 0.4) is 0 Å². The van der Waals surface area contributed by atoms with Gasteiger partial charge in [0, 0.05) is 13.0 Å². The Morgan fingerprint density at radius 3 is 3.08 bits per heavy atom. The van der Waals surface area contributed by atoms with Crippen molar-refractivity contribution < 1.29 is 19.1 Å². The van der Waals surface area contributed by atoms with E-state index in [0.717, 1.165) is 12.8 Å². The van der Waals surface area contributed by atoms with Crippen molar-refractivity contribution >= 4 is 11.8 Å². The Morgan fingerprint density at radius 1 is 1.62 bits per heavy atom. The average Bonchev–Trinajstić information content (AvgIpc) is 2.30. The highest BCUT2D eigenvalue weighted by molar-refractivity contribution is 6.02. The summed E-state index contributed by atoms with van der Waals surface area (Å²) >= 11 is 0. The van der Waals surface area contributed by atoms with Crippen LogP contribution in [-0.2, 0) is 19.1 Å². The predicted molar refractivity (Wildman–Crippen MR) is 45.2 cm³/mol. The molecule has 0 aromatic rings. The monoisotopic (exact) mass is 186 g/mol. The summed E-state index contributed by atoms with van der Waals surface area (Å²) in [5.74, 6) is -0.703. The maximum absolute atomic E-state index is 11.3. The molecule has 13 heavy (non-hydrogen) atoms. The summed E-state index contributed by atoms with van der Waals surface area (Å²) in [7, 11) is 0. The van der Waals surface area contributed by atoms with Gasteiger partial charge in [-0.3, -0.25) is 4.79 Å². The lowest BCUT2D eigenvalue weighted by atomic mass is 10.1. The van der Waals surface area contributed by atoms with Crippen LogP contribution < -0.4 is 0 Å². The number of carbonyl (C=O) groups is 2. The van der Waals surface area contributed by atoms with Gasteiger partial charge in [-0.1, -0.05) is 0 Å². The van der Waals surface area contributed by atoms with Crippen LogP contribution in [0.4, 0.5) is 0 Å². The number of hydrogen-bond donors (Lipinski definition) is 0. The van der Waals surface area contributed by atoms with Gasteiger partial charge in [0.15, 0.2) is 5.78 Å². The van der Waals surface area contributed by atoms with E-state index in [2.05, 4.69) is 0 Å². The number of ether oxygens (including phenoxy) is 2. The molecule has 0 bridgehead atoms. The Kier molecular flexibility index (Phi) is 3.89. The fourth-order valence-electron chi connectivity index (χ4n) is 1.24. The van der Waals surface area contributed by atoms with Crippen LogP contribution in [0.2, 0.25) is 0 Å². The standard InChI is InChI=1S/C9H14O4/c1-2-12-9(11)8-7(10)5-3-4-6-13-8/h8H,2-6H2,1H3. The zero-order chi connectivity index (χ0) is 9.68. The normalized spacial score (nSPS) is 23.8. The van der Waals surface area contributed by atoms with E-state index in [9.17, 15) is 9.59 Å². The number of rotatable bonds is 2. The fourth-order valence-corrected chi connectivity index (χ4v) is 1.24. The van der Waals surface area contributed by atoms with Crippen LogP contribution in [0.1, 0.15) is 26.2 Å². The largest absolute Gasteiger partial charge is 0.464 e. The van der Waals surface area contributed by atoms with Gasteiger partial charge < -0.3 is 9.47 Å². The van der Waals surface area contributed by atoms with Gasteiger partial charge in [-0.2, -0.15) is 0 Å². The molecule has 0 amide bonds. The van der Waals surface area contributed by atoms with E-state index in [0.29, 0.717) is 13.0 Å². The van der Waals surface area contributed by atoms with Crippen molar-refractivity contribution in [1.29, 1.82) is 0 Å². The lowest BCUT2D eigenvalue weighted by molar-refractivity contribution is -0.160. The predicted octanol–water partition coefficient (Wildman–Crippen LogP) is 0.688. The number of esters is 1. The van der Waals surface area contributed by atoms with Crippen LogP contribution in [0.15, 0.2) is 0 Å². The molecule has 0 radical (unpaired) electrons. The molecule has 0 aromatic heterocycles. The number of carbonyl (C=O) groups excluding carboxylic acids is 2. The van der Waals surface area contributed by atoms with Gasteiger partial charge in [0.2, 0.25) is 6.10 Å². The average molecular weight is 186 g/mol. The van der Waals surface area contributed by atoms with Crippen molar-refractivity contribution in [2.75, 3.05) is 13.2 Å². The maximum Gasteiger partial charge on any atom is 0.343 e. The molecule has 0 aromatic carbocycles. The first-order valence-electron chi connectivity index (χ1n) is 4.56. The molecule has 0 saturated carbocycles. The van der Waals surface area contributed by atoms with Gasteiger partial charge in [-0.05, 0) is 19.8 Å². The molecular weight excluding hydrogens is 172 g/mol. The Labute approximate surface area is 77.2 Å². The van der Waals surface area contributed by atoms with Gasteiger partial charge in [0.05, 0.1) is 6.61 Å². The van der Waals surface area contributed by atoms with E-state index >= 15 is 0 Å². The summed E-state index contributed by atoms with van der Waals surface area (Å²) < 4.78 is 9.83. The van der Waals surface area contributed by atoms with E-state index in [1.807, 2.05) is 0 Å². The summed E-state index contributed by atoms with van der Waals surface area (Å²) in [6.45, 7) is 2.46. The fraction of sp³-hybridized carbons (Fsp3) is 0.778. The van der Waals surface area contributed by atoms with Crippen LogP contribution >= 0.6 is 0 Å².